The van der Waals surface area contributed by atoms with Crippen LogP contribution in [0, 0.1) is 6.92 Å². The molecule has 1 aliphatic rings. The molecule has 0 spiro atoms. The van der Waals surface area contributed by atoms with E-state index < -0.39 is 5.92 Å². The number of benzene rings is 2. The number of hydrogen-bond acceptors (Lipinski definition) is 4. The fourth-order valence-corrected chi connectivity index (χ4v) is 4.94. The molecule has 0 radical (unpaired) electrons. The molecule has 1 aliphatic heterocycles. The van der Waals surface area contributed by atoms with Gasteiger partial charge in [0.15, 0.2) is 5.16 Å². The Morgan fingerprint density at radius 1 is 1.17 bits per heavy atom. The largest absolute Gasteiger partial charge is 0.312 e. The second-order valence-electron chi connectivity index (χ2n) is 7.21. The van der Waals surface area contributed by atoms with E-state index in [1.54, 1.807) is 22.8 Å². The lowest BCUT2D eigenvalue weighted by molar-refractivity contribution is -0.116. The van der Waals surface area contributed by atoms with Gasteiger partial charge >= 0.3 is 0 Å². The first-order valence-electron chi connectivity index (χ1n) is 9.38. The first-order chi connectivity index (χ1) is 14.3. The maximum atomic E-state index is 13.0. The number of hydrogen-bond donors (Lipinski definition) is 1. The number of nitrogens with one attached hydrogen (secondary N) is 1. The van der Waals surface area contributed by atoms with Gasteiger partial charge in [0.1, 0.15) is 5.82 Å². The number of amides is 1. The van der Waals surface area contributed by atoms with Gasteiger partial charge in [-0.05, 0) is 35.7 Å². The predicted octanol–water partition coefficient (Wildman–Crippen LogP) is 5.16. The molecule has 0 saturated carbocycles. The molecule has 1 N–H and O–H groups in total. The zero-order valence-electron chi connectivity index (χ0n) is 16.4. The van der Waals surface area contributed by atoms with Crippen LogP contribution in [-0.4, -0.2) is 15.5 Å². The van der Waals surface area contributed by atoms with Crippen LogP contribution in [0.3, 0.4) is 0 Å². The van der Waals surface area contributed by atoms with Crippen LogP contribution in [0.5, 0.6) is 0 Å². The van der Waals surface area contributed by atoms with E-state index in [2.05, 4.69) is 29.4 Å². The number of fused-ring (bicyclic) bond motifs is 1. The molecule has 0 saturated heterocycles. The number of aromatic nitrogens is 2. The number of anilines is 1. The Labute approximate surface area is 188 Å². The van der Waals surface area contributed by atoms with Gasteiger partial charge in [0.2, 0.25) is 5.91 Å². The van der Waals surface area contributed by atoms with Gasteiger partial charge in [-0.25, -0.2) is 0 Å². The monoisotopic (exact) mass is 459 g/mol. The Kier molecular flexibility index (Phi) is 5.91. The van der Waals surface area contributed by atoms with Crippen LogP contribution in [0.2, 0.25) is 10.0 Å². The lowest BCUT2D eigenvalue weighted by Gasteiger charge is -2.27. The van der Waals surface area contributed by atoms with Crippen LogP contribution in [-0.2, 0) is 17.6 Å². The van der Waals surface area contributed by atoms with E-state index in [1.165, 1.54) is 22.9 Å². The molecule has 8 heteroatoms. The molecule has 154 valence electrons. The van der Waals surface area contributed by atoms with Gasteiger partial charge in [0.25, 0.3) is 5.56 Å². The third-order valence-electron chi connectivity index (χ3n) is 5.26. The highest BCUT2D eigenvalue weighted by Crippen LogP contribution is 2.38. The molecule has 0 bridgehead atoms. The number of carbonyl (C=O) groups excluding carboxylic acids is 1. The Bertz CT molecular complexity index is 1210. The van der Waals surface area contributed by atoms with Crippen molar-refractivity contribution in [3.05, 3.63) is 85.1 Å². The summed E-state index contributed by atoms with van der Waals surface area (Å²) in [6, 6.07) is 13.3. The van der Waals surface area contributed by atoms with Crippen molar-refractivity contribution in [1.29, 1.82) is 0 Å². The number of thioether (sulfide) groups is 1. The fourth-order valence-electron chi connectivity index (χ4n) is 3.59. The molecule has 4 rings (SSSR count). The van der Waals surface area contributed by atoms with Gasteiger partial charge in [-0.1, -0.05) is 65.3 Å². The smallest absolute Gasteiger partial charge is 0.279 e. The standard InChI is InChI=1S/C22H19Cl2N3O2S/c1-12-5-3-4-6-14(12)11-30-22-26-21(29)19-15(10-18(28)25-20(19)27(22)2)13-7-8-16(23)17(24)9-13/h3-9,15H,10-11H2,1-2H3,(H,25,28). The lowest BCUT2D eigenvalue weighted by Crippen LogP contribution is -2.33. The number of nitrogens with zero attached hydrogens (tertiary/aromatic N) is 2. The maximum Gasteiger partial charge on any atom is 0.279 e. The molecule has 1 aromatic heterocycles. The summed E-state index contributed by atoms with van der Waals surface area (Å²) in [5.74, 6) is 0.574. The Morgan fingerprint density at radius 2 is 1.93 bits per heavy atom. The number of carbonyl (C=O) groups is 1. The molecule has 3 aromatic rings. The second-order valence-corrected chi connectivity index (χ2v) is 8.97. The first-order valence-corrected chi connectivity index (χ1v) is 11.1. The Hall–Kier alpha value is -2.28. The fraction of sp³-hybridized carbons (Fsp3) is 0.227. The van der Waals surface area contributed by atoms with Crippen LogP contribution in [0.25, 0.3) is 0 Å². The zero-order valence-corrected chi connectivity index (χ0v) is 18.7. The molecule has 5 nitrogen and oxygen atoms in total. The SMILES string of the molecule is Cc1ccccc1CSc1nc(=O)c2c(n1C)NC(=O)CC2c1ccc(Cl)c(Cl)c1. The molecule has 1 atom stereocenters. The summed E-state index contributed by atoms with van der Waals surface area (Å²) in [4.78, 5) is 29.8. The summed E-state index contributed by atoms with van der Waals surface area (Å²) < 4.78 is 1.78. The number of rotatable bonds is 4. The van der Waals surface area contributed by atoms with Crippen LogP contribution in [0.4, 0.5) is 5.82 Å². The van der Waals surface area contributed by atoms with E-state index in [4.69, 9.17) is 23.2 Å². The highest BCUT2D eigenvalue weighted by atomic mass is 35.5. The highest BCUT2D eigenvalue weighted by Gasteiger charge is 2.32. The van der Waals surface area contributed by atoms with Crippen molar-refractivity contribution in [2.45, 2.75) is 30.2 Å². The van der Waals surface area contributed by atoms with E-state index >= 15 is 0 Å². The van der Waals surface area contributed by atoms with Crippen molar-refractivity contribution in [3.63, 3.8) is 0 Å². The van der Waals surface area contributed by atoms with E-state index in [0.29, 0.717) is 32.3 Å². The van der Waals surface area contributed by atoms with E-state index in [0.717, 1.165) is 5.56 Å². The second kappa shape index (κ2) is 8.46. The molecular weight excluding hydrogens is 441 g/mol. The van der Waals surface area contributed by atoms with Crippen LogP contribution >= 0.6 is 35.0 Å². The summed E-state index contributed by atoms with van der Waals surface area (Å²) in [5.41, 5.74) is 3.25. The minimum Gasteiger partial charge on any atom is -0.312 e. The molecular formula is C22H19Cl2N3O2S. The summed E-state index contributed by atoms with van der Waals surface area (Å²) in [6.45, 7) is 2.05. The highest BCUT2D eigenvalue weighted by molar-refractivity contribution is 7.98. The quantitative estimate of drug-likeness (QED) is 0.432. The van der Waals surface area contributed by atoms with Gasteiger partial charge in [-0.3, -0.25) is 9.59 Å². The van der Waals surface area contributed by atoms with Crippen LogP contribution in [0.1, 0.15) is 34.6 Å². The molecule has 1 unspecified atom stereocenters. The van der Waals surface area contributed by atoms with E-state index in [1.807, 2.05) is 19.2 Å². The molecule has 2 heterocycles. The van der Waals surface area contributed by atoms with E-state index in [9.17, 15) is 9.59 Å². The normalized spacial score (nSPS) is 15.6. The van der Waals surface area contributed by atoms with Crippen molar-refractivity contribution >= 4 is 46.7 Å². The first kappa shape index (κ1) is 21.0. The Morgan fingerprint density at radius 3 is 2.67 bits per heavy atom. The molecule has 2 aromatic carbocycles. The van der Waals surface area contributed by atoms with Crippen LogP contribution < -0.4 is 10.9 Å². The van der Waals surface area contributed by atoms with Gasteiger partial charge < -0.3 is 9.88 Å². The zero-order chi connectivity index (χ0) is 21.4. The molecule has 0 aliphatic carbocycles. The van der Waals surface area contributed by atoms with Crippen molar-refractivity contribution in [2.24, 2.45) is 7.05 Å². The third-order valence-corrected chi connectivity index (χ3v) is 7.08. The minimum atomic E-state index is -0.426. The number of aryl methyl sites for hydroxylation is 1. The van der Waals surface area contributed by atoms with Crippen molar-refractivity contribution in [2.75, 3.05) is 5.32 Å². The summed E-state index contributed by atoms with van der Waals surface area (Å²) >= 11 is 13.7. The minimum absolute atomic E-state index is 0.150. The predicted molar refractivity (Wildman–Crippen MR) is 122 cm³/mol. The van der Waals surface area contributed by atoms with Crippen molar-refractivity contribution in [3.8, 4) is 0 Å². The summed E-state index contributed by atoms with van der Waals surface area (Å²) in [5, 5.41) is 4.22. The molecule has 1 amide bonds. The topological polar surface area (TPSA) is 64.0 Å². The van der Waals surface area contributed by atoms with Gasteiger partial charge in [-0.2, -0.15) is 4.98 Å². The third kappa shape index (κ3) is 4.00. The summed E-state index contributed by atoms with van der Waals surface area (Å²) in [6.07, 6.45) is 0.150. The van der Waals surface area contributed by atoms with Gasteiger partial charge in [0.05, 0.1) is 15.6 Å². The molecule has 30 heavy (non-hydrogen) atoms. The summed E-state index contributed by atoms with van der Waals surface area (Å²) in [7, 11) is 1.81. The van der Waals surface area contributed by atoms with Gasteiger partial charge in [-0.15, -0.1) is 0 Å². The average Bonchev–Trinajstić information content (AvgIpc) is 2.72. The molecule has 0 fully saturated rings. The Balaban J connectivity index is 1.74. The lowest BCUT2D eigenvalue weighted by atomic mass is 9.87. The van der Waals surface area contributed by atoms with Crippen molar-refractivity contribution < 1.29 is 4.79 Å². The maximum absolute atomic E-state index is 13.0. The average molecular weight is 460 g/mol. The number of halogens is 2. The van der Waals surface area contributed by atoms with Gasteiger partial charge in [0, 0.05) is 25.1 Å². The van der Waals surface area contributed by atoms with Crippen LogP contribution in [0.15, 0.2) is 52.4 Å². The van der Waals surface area contributed by atoms with E-state index in [-0.39, 0.29) is 17.9 Å². The van der Waals surface area contributed by atoms with Crippen molar-refractivity contribution in [1.82, 2.24) is 9.55 Å².